The summed E-state index contributed by atoms with van der Waals surface area (Å²) in [7, 11) is 0. The van der Waals surface area contributed by atoms with E-state index in [1.807, 2.05) is 0 Å². The lowest BCUT2D eigenvalue weighted by molar-refractivity contribution is -0.212. The highest BCUT2D eigenvalue weighted by Crippen LogP contribution is 2.38. The second-order valence-corrected chi connectivity index (χ2v) is 8.63. The van der Waals surface area contributed by atoms with E-state index in [1.165, 1.54) is 11.8 Å². The van der Waals surface area contributed by atoms with Gasteiger partial charge in [-0.25, -0.2) is 14.6 Å². The molecule has 1 aliphatic rings. The van der Waals surface area contributed by atoms with Crippen molar-refractivity contribution in [3.8, 4) is 0 Å². The van der Waals surface area contributed by atoms with Gasteiger partial charge in [-0.1, -0.05) is 35.5 Å². The number of hydrogen-bond donors (Lipinski definition) is 2. The molecule has 0 aromatic carbocycles. The van der Waals surface area contributed by atoms with E-state index in [4.69, 9.17) is 26.2 Å². The summed E-state index contributed by atoms with van der Waals surface area (Å²) in [6.07, 6.45) is 1.67. The van der Waals surface area contributed by atoms with Gasteiger partial charge < -0.3 is 19.7 Å². The van der Waals surface area contributed by atoms with Gasteiger partial charge in [0, 0.05) is 12.2 Å². The molecule has 2 aromatic heterocycles. The molecule has 11 heteroatoms. The summed E-state index contributed by atoms with van der Waals surface area (Å²) < 4.78 is 13.3. The maximum absolute atomic E-state index is 10.2. The molecule has 9 nitrogen and oxygen atoms in total. The van der Waals surface area contributed by atoms with E-state index in [9.17, 15) is 5.11 Å². The van der Waals surface area contributed by atoms with Gasteiger partial charge in [0.15, 0.2) is 27.3 Å². The van der Waals surface area contributed by atoms with E-state index in [2.05, 4.69) is 27.2 Å². The summed E-state index contributed by atoms with van der Waals surface area (Å²) in [5.74, 6) is -0.422. The zero-order valence-electron chi connectivity index (χ0n) is 16.2. The highest BCUT2D eigenvalue weighted by molar-refractivity contribution is 7.99. The minimum absolute atomic E-state index is 0.0503. The fourth-order valence-electron chi connectivity index (χ4n) is 3.30. The fourth-order valence-corrected chi connectivity index (χ4v) is 4.25. The van der Waals surface area contributed by atoms with Crippen LogP contribution in [0.2, 0.25) is 5.15 Å². The highest BCUT2D eigenvalue weighted by atomic mass is 35.5. The summed E-state index contributed by atoms with van der Waals surface area (Å²) in [5.41, 5.74) is 0.972. The highest BCUT2D eigenvalue weighted by Gasteiger charge is 2.41. The van der Waals surface area contributed by atoms with Gasteiger partial charge in [0.25, 0.3) is 0 Å². The van der Waals surface area contributed by atoms with Crippen LogP contribution >= 0.6 is 23.4 Å². The van der Waals surface area contributed by atoms with Gasteiger partial charge in [0.1, 0.15) is 0 Å². The van der Waals surface area contributed by atoms with E-state index in [-0.39, 0.29) is 36.6 Å². The standard InChI is InChI=1S/C17H26ClN5O4S/c1-4-7-28-16-19-14(18)13-15(20-16)23(22-21-13)11-8-10(26-6-5-24)9-12(11)27-17(2,3)25/h10-12,24-25H,4-9H2,1-3H3/t10-,11+,12?/m0/s1. The first-order chi connectivity index (χ1) is 13.3. The van der Waals surface area contributed by atoms with Gasteiger partial charge in [0.05, 0.1) is 31.5 Å². The zero-order valence-corrected chi connectivity index (χ0v) is 17.8. The van der Waals surface area contributed by atoms with Gasteiger partial charge in [-0.3, -0.25) is 0 Å². The van der Waals surface area contributed by atoms with Crippen molar-refractivity contribution in [3.05, 3.63) is 5.15 Å². The molecular weight excluding hydrogens is 406 g/mol. The molecule has 28 heavy (non-hydrogen) atoms. The van der Waals surface area contributed by atoms with Crippen molar-refractivity contribution in [1.29, 1.82) is 0 Å². The van der Waals surface area contributed by atoms with Crippen LogP contribution in [0.15, 0.2) is 5.16 Å². The first-order valence-corrected chi connectivity index (χ1v) is 10.7. The SMILES string of the molecule is CCCSc1nc(Cl)c2nnn([C@@H]3C[C@H](OCCO)CC3OC(C)(C)O)c2n1. The number of aromatic nitrogens is 5. The smallest absolute Gasteiger partial charge is 0.191 e. The predicted octanol–water partition coefficient (Wildman–Crippen LogP) is 2.20. The van der Waals surface area contributed by atoms with Crippen LogP contribution in [0.1, 0.15) is 46.1 Å². The molecule has 0 spiro atoms. The number of fused-ring (bicyclic) bond motifs is 1. The van der Waals surface area contributed by atoms with Crippen LogP contribution in [0.4, 0.5) is 0 Å². The normalized spacial score (nSPS) is 23.0. The van der Waals surface area contributed by atoms with Gasteiger partial charge in [-0.05, 0) is 26.7 Å². The minimum atomic E-state index is -1.31. The molecular formula is C17H26ClN5O4S. The van der Waals surface area contributed by atoms with Gasteiger partial charge in [-0.2, -0.15) is 0 Å². The summed E-state index contributed by atoms with van der Waals surface area (Å²) in [4.78, 5) is 8.89. The van der Waals surface area contributed by atoms with Crippen LogP contribution in [-0.4, -0.2) is 72.1 Å². The van der Waals surface area contributed by atoms with Gasteiger partial charge in [0.2, 0.25) is 0 Å². The molecule has 0 saturated heterocycles. The number of aliphatic hydroxyl groups excluding tert-OH is 1. The summed E-state index contributed by atoms with van der Waals surface area (Å²) >= 11 is 7.82. The Bertz CT molecular complexity index is 800. The number of halogens is 1. The second kappa shape index (κ2) is 9.19. The Morgan fingerprint density at radius 1 is 1.32 bits per heavy atom. The lowest BCUT2D eigenvalue weighted by Crippen LogP contribution is -2.33. The Kier molecular flexibility index (Phi) is 7.11. The molecule has 156 valence electrons. The molecule has 3 rings (SSSR count). The topological polar surface area (TPSA) is 115 Å². The van der Waals surface area contributed by atoms with Crippen molar-refractivity contribution in [2.24, 2.45) is 0 Å². The summed E-state index contributed by atoms with van der Waals surface area (Å²) in [6.45, 7) is 5.46. The molecule has 2 N–H and O–H groups in total. The van der Waals surface area contributed by atoms with Gasteiger partial charge >= 0.3 is 0 Å². The van der Waals surface area contributed by atoms with E-state index in [1.54, 1.807) is 18.5 Å². The van der Waals surface area contributed by atoms with Crippen LogP contribution < -0.4 is 0 Å². The maximum Gasteiger partial charge on any atom is 0.191 e. The quantitative estimate of drug-likeness (QED) is 0.266. The molecule has 0 radical (unpaired) electrons. The molecule has 2 heterocycles. The predicted molar refractivity (Wildman–Crippen MR) is 105 cm³/mol. The third kappa shape index (κ3) is 5.11. The Morgan fingerprint density at radius 3 is 2.79 bits per heavy atom. The molecule has 0 aliphatic heterocycles. The molecule has 1 unspecified atom stereocenters. The lowest BCUT2D eigenvalue weighted by atomic mass is 10.2. The third-order valence-corrected chi connectivity index (χ3v) is 5.64. The first kappa shape index (κ1) is 21.7. The van der Waals surface area contributed by atoms with Crippen LogP contribution in [-0.2, 0) is 9.47 Å². The van der Waals surface area contributed by atoms with E-state index >= 15 is 0 Å². The van der Waals surface area contributed by atoms with Crippen molar-refractivity contribution in [1.82, 2.24) is 25.0 Å². The van der Waals surface area contributed by atoms with Crippen LogP contribution in [0.5, 0.6) is 0 Å². The molecule has 1 fully saturated rings. The molecule has 0 amide bonds. The van der Waals surface area contributed by atoms with Crippen LogP contribution in [0.3, 0.4) is 0 Å². The number of ether oxygens (including phenoxy) is 2. The molecule has 1 saturated carbocycles. The largest absolute Gasteiger partial charge is 0.394 e. The van der Waals surface area contributed by atoms with Crippen molar-refractivity contribution in [2.45, 2.75) is 69.2 Å². The Hall–Kier alpha value is -1.04. The lowest BCUT2D eigenvalue weighted by Gasteiger charge is -2.27. The van der Waals surface area contributed by atoms with Crippen LogP contribution in [0.25, 0.3) is 11.2 Å². The van der Waals surface area contributed by atoms with Crippen molar-refractivity contribution in [3.63, 3.8) is 0 Å². The average Bonchev–Trinajstić information content (AvgIpc) is 3.20. The number of nitrogens with zero attached hydrogens (tertiary/aromatic N) is 5. The molecule has 3 atom stereocenters. The summed E-state index contributed by atoms with van der Waals surface area (Å²) in [6, 6.07) is -0.241. The number of aliphatic hydroxyl groups is 2. The van der Waals surface area contributed by atoms with E-state index in [0.717, 1.165) is 12.2 Å². The number of thioether (sulfide) groups is 1. The van der Waals surface area contributed by atoms with E-state index < -0.39 is 5.79 Å². The molecule has 0 bridgehead atoms. The maximum atomic E-state index is 10.2. The van der Waals surface area contributed by atoms with Crippen LogP contribution in [0, 0.1) is 0 Å². The Morgan fingerprint density at radius 2 is 2.11 bits per heavy atom. The first-order valence-electron chi connectivity index (χ1n) is 9.36. The van der Waals surface area contributed by atoms with E-state index in [0.29, 0.717) is 29.2 Å². The Labute approximate surface area is 172 Å². The van der Waals surface area contributed by atoms with Gasteiger partial charge in [-0.15, -0.1) is 5.10 Å². The monoisotopic (exact) mass is 431 g/mol. The number of hydrogen-bond acceptors (Lipinski definition) is 9. The second-order valence-electron chi connectivity index (χ2n) is 7.21. The van der Waals surface area contributed by atoms with Crippen molar-refractivity contribution < 1.29 is 19.7 Å². The van der Waals surface area contributed by atoms with Crippen molar-refractivity contribution in [2.75, 3.05) is 19.0 Å². The minimum Gasteiger partial charge on any atom is -0.394 e. The fraction of sp³-hybridized carbons (Fsp3) is 0.765. The zero-order chi connectivity index (χ0) is 20.3. The molecule has 2 aromatic rings. The summed E-state index contributed by atoms with van der Waals surface area (Å²) in [5, 5.41) is 28.5. The Balaban J connectivity index is 1.93. The average molecular weight is 432 g/mol. The molecule has 1 aliphatic carbocycles. The van der Waals surface area contributed by atoms with Crippen molar-refractivity contribution >= 4 is 34.5 Å². The number of rotatable bonds is 9. The third-order valence-electron chi connectivity index (χ3n) is 4.32.